The minimum atomic E-state index is -1.49. The molecule has 3 aromatic carbocycles. The Morgan fingerprint density at radius 3 is 1.97 bits per heavy atom. The minimum absolute atomic E-state index is 0.229. The van der Waals surface area contributed by atoms with Crippen molar-refractivity contribution in [3.63, 3.8) is 0 Å². The van der Waals surface area contributed by atoms with Crippen molar-refractivity contribution in [3.05, 3.63) is 94.3 Å². The quantitative estimate of drug-likeness (QED) is 0.484. The van der Waals surface area contributed by atoms with Crippen LogP contribution in [0.2, 0.25) is 0 Å². The molecule has 0 N–H and O–H groups in total. The second-order valence-corrected chi connectivity index (χ2v) is 9.35. The summed E-state index contributed by atoms with van der Waals surface area (Å²) in [6, 6.07) is 17.1. The van der Waals surface area contributed by atoms with Gasteiger partial charge in [-0.25, -0.2) is 4.39 Å². The summed E-state index contributed by atoms with van der Waals surface area (Å²) in [6.07, 6.45) is 0. The Balaban J connectivity index is 1.52. The first kappa shape index (κ1) is 24.2. The molecule has 0 bridgehead atoms. The zero-order chi connectivity index (χ0) is 25.4. The number of Topliss-reactive ketones (excluding diaryl/α,β-unsaturated/α-hetero) is 2. The number of ketones is 2. The number of carbonyl (C=O) groups excluding carboxylic acids is 2. The number of halogens is 1. The summed E-state index contributed by atoms with van der Waals surface area (Å²) in [5, 5.41) is 0. The third-order valence-corrected chi connectivity index (χ3v) is 7.39. The van der Waals surface area contributed by atoms with Crippen LogP contribution in [0.3, 0.4) is 0 Å². The molecule has 1 saturated heterocycles. The van der Waals surface area contributed by atoms with Gasteiger partial charge in [-0.1, -0.05) is 30.3 Å². The molecule has 0 amide bonds. The molecule has 0 unspecified atom stereocenters. The Bertz CT molecular complexity index is 1270. The number of aryl methyl sites for hydroxylation is 1. The molecule has 36 heavy (non-hydrogen) atoms. The van der Waals surface area contributed by atoms with Crippen molar-refractivity contribution in [1.29, 1.82) is 0 Å². The lowest BCUT2D eigenvalue weighted by Gasteiger charge is -2.44. The number of hydrogen-bond donors (Lipinski definition) is 0. The average molecular weight is 489 g/mol. The maximum Gasteiger partial charge on any atom is 0.196 e. The third-order valence-electron chi connectivity index (χ3n) is 7.39. The second kappa shape index (κ2) is 9.48. The second-order valence-electron chi connectivity index (χ2n) is 9.35. The molecule has 7 heteroatoms. The van der Waals surface area contributed by atoms with Gasteiger partial charge in [-0.2, -0.15) is 0 Å². The fourth-order valence-electron chi connectivity index (χ4n) is 5.41. The van der Waals surface area contributed by atoms with E-state index >= 15 is 0 Å². The van der Waals surface area contributed by atoms with Crippen LogP contribution in [0.25, 0.3) is 0 Å². The zero-order valence-corrected chi connectivity index (χ0v) is 20.7. The van der Waals surface area contributed by atoms with E-state index in [0.717, 1.165) is 11.1 Å². The van der Waals surface area contributed by atoms with Crippen LogP contribution < -0.4 is 9.47 Å². The van der Waals surface area contributed by atoms with E-state index in [1.54, 1.807) is 68.8 Å². The van der Waals surface area contributed by atoms with Crippen molar-refractivity contribution < 1.29 is 23.5 Å². The Labute approximate surface area is 210 Å². The summed E-state index contributed by atoms with van der Waals surface area (Å²) in [4.78, 5) is 32.4. The van der Waals surface area contributed by atoms with E-state index in [9.17, 15) is 14.0 Å². The Morgan fingerprint density at radius 1 is 0.833 bits per heavy atom. The molecule has 1 fully saturated rings. The van der Waals surface area contributed by atoms with Gasteiger partial charge in [0.2, 0.25) is 0 Å². The number of nitrogens with zero attached hydrogens (tertiary/aromatic N) is 2. The van der Waals surface area contributed by atoms with E-state index in [2.05, 4.69) is 4.90 Å². The van der Waals surface area contributed by atoms with Crippen LogP contribution in [-0.2, 0) is 12.1 Å². The fourth-order valence-corrected chi connectivity index (χ4v) is 5.41. The summed E-state index contributed by atoms with van der Waals surface area (Å²) >= 11 is 0. The van der Waals surface area contributed by atoms with Gasteiger partial charge in [0.15, 0.2) is 17.1 Å². The molecular weight excluding hydrogens is 459 g/mol. The fraction of sp³-hybridized carbons (Fsp3) is 0.310. The van der Waals surface area contributed by atoms with Crippen LogP contribution in [0.4, 0.5) is 4.39 Å². The molecule has 3 aromatic rings. The summed E-state index contributed by atoms with van der Waals surface area (Å²) < 4.78 is 24.8. The van der Waals surface area contributed by atoms with E-state index in [-0.39, 0.29) is 17.4 Å². The summed E-state index contributed by atoms with van der Waals surface area (Å²) in [5.74, 6) is 0.321. The van der Waals surface area contributed by atoms with Crippen LogP contribution in [0, 0.1) is 12.7 Å². The van der Waals surface area contributed by atoms with Gasteiger partial charge in [-0.3, -0.25) is 19.4 Å². The Morgan fingerprint density at radius 2 is 1.42 bits per heavy atom. The maximum absolute atomic E-state index is 14.1. The number of hydrogen-bond acceptors (Lipinski definition) is 6. The zero-order valence-electron chi connectivity index (χ0n) is 20.7. The first-order valence-corrected chi connectivity index (χ1v) is 12.0. The topological polar surface area (TPSA) is 59.1 Å². The van der Waals surface area contributed by atoms with E-state index in [4.69, 9.17) is 9.47 Å². The van der Waals surface area contributed by atoms with Gasteiger partial charge in [0, 0.05) is 49.9 Å². The minimum Gasteiger partial charge on any atom is -0.497 e. The third kappa shape index (κ3) is 3.88. The van der Waals surface area contributed by atoms with Crippen molar-refractivity contribution in [3.8, 4) is 11.5 Å². The van der Waals surface area contributed by atoms with Gasteiger partial charge < -0.3 is 9.47 Å². The van der Waals surface area contributed by atoms with Crippen molar-refractivity contribution in [2.24, 2.45) is 0 Å². The Kier molecular flexibility index (Phi) is 6.36. The van der Waals surface area contributed by atoms with Gasteiger partial charge in [0.1, 0.15) is 17.3 Å². The molecule has 0 spiro atoms. The number of benzene rings is 3. The molecular formula is C29H29FN2O4. The van der Waals surface area contributed by atoms with Crippen LogP contribution in [0.1, 0.15) is 37.4 Å². The van der Waals surface area contributed by atoms with Gasteiger partial charge in [-0.05, 0) is 47.9 Å². The van der Waals surface area contributed by atoms with Crippen LogP contribution in [-0.4, -0.2) is 61.8 Å². The first-order valence-electron chi connectivity index (χ1n) is 12.0. The summed E-state index contributed by atoms with van der Waals surface area (Å²) in [6.45, 7) is 4.85. The van der Waals surface area contributed by atoms with Gasteiger partial charge in [0.05, 0.1) is 14.2 Å². The lowest BCUT2D eigenvalue weighted by molar-refractivity contribution is 0.0278. The van der Waals surface area contributed by atoms with Crippen molar-refractivity contribution >= 4 is 11.6 Å². The van der Waals surface area contributed by atoms with Gasteiger partial charge in [0.25, 0.3) is 0 Å². The highest BCUT2D eigenvalue weighted by molar-refractivity contribution is 6.32. The highest BCUT2D eigenvalue weighted by Crippen LogP contribution is 2.45. The summed E-state index contributed by atoms with van der Waals surface area (Å²) in [5.41, 5.74) is 1.89. The normalized spacial score (nSPS) is 17.8. The standard InChI is InChI=1S/C29H29FN2O4/c1-19-8-9-22(30)14-20(19)18-31-10-12-32(13-11-31)29(21-15-23(35-2)17-24(16-21)36-3)27(33)25-6-4-5-7-26(25)28(29)34/h4-9,14-17H,10-13,18H2,1-3H3. The highest BCUT2D eigenvalue weighted by Gasteiger charge is 2.58. The predicted molar refractivity (Wildman–Crippen MR) is 134 cm³/mol. The van der Waals surface area contributed by atoms with Crippen LogP contribution >= 0.6 is 0 Å². The van der Waals surface area contributed by atoms with Crippen LogP contribution in [0.15, 0.2) is 60.7 Å². The highest BCUT2D eigenvalue weighted by atomic mass is 19.1. The summed E-state index contributed by atoms with van der Waals surface area (Å²) in [7, 11) is 3.09. The smallest absolute Gasteiger partial charge is 0.196 e. The first-order chi connectivity index (χ1) is 17.4. The van der Waals surface area contributed by atoms with E-state index in [1.165, 1.54) is 6.07 Å². The number of methoxy groups -OCH3 is 2. The molecule has 0 aromatic heterocycles. The monoisotopic (exact) mass is 488 g/mol. The molecule has 1 heterocycles. The van der Waals surface area contributed by atoms with Gasteiger partial charge in [-0.15, -0.1) is 0 Å². The van der Waals surface area contributed by atoms with Crippen LogP contribution in [0.5, 0.6) is 11.5 Å². The molecule has 186 valence electrons. The molecule has 0 saturated carbocycles. The average Bonchev–Trinajstić information content (AvgIpc) is 3.13. The molecule has 1 aliphatic heterocycles. The number of fused-ring (bicyclic) bond motifs is 1. The lowest BCUT2D eigenvalue weighted by atomic mass is 9.82. The van der Waals surface area contributed by atoms with E-state index < -0.39 is 5.54 Å². The van der Waals surface area contributed by atoms with Crippen molar-refractivity contribution in [1.82, 2.24) is 9.80 Å². The number of piperazine rings is 1. The maximum atomic E-state index is 14.1. The number of ether oxygens (including phenoxy) is 2. The molecule has 0 radical (unpaired) electrons. The predicted octanol–water partition coefficient (Wildman–Crippen LogP) is 4.24. The Hall–Kier alpha value is -3.55. The van der Waals surface area contributed by atoms with Crippen molar-refractivity contribution in [2.75, 3.05) is 40.4 Å². The number of carbonyl (C=O) groups is 2. The SMILES string of the molecule is COc1cc(OC)cc(C2(N3CCN(Cc4cc(F)ccc4C)CC3)C(=O)c3ccccc3C2=O)c1. The van der Waals surface area contributed by atoms with E-state index in [0.29, 0.717) is 60.9 Å². The van der Waals surface area contributed by atoms with E-state index in [1.807, 2.05) is 11.8 Å². The molecule has 2 aliphatic rings. The molecule has 0 atom stereocenters. The lowest BCUT2D eigenvalue weighted by Crippen LogP contribution is -2.60. The van der Waals surface area contributed by atoms with Gasteiger partial charge >= 0.3 is 0 Å². The molecule has 1 aliphatic carbocycles. The van der Waals surface area contributed by atoms with Crippen molar-refractivity contribution in [2.45, 2.75) is 19.0 Å². The largest absolute Gasteiger partial charge is 0.497 e. The number of rotatable bonds is 6. The molecule has 5 rings (SSSR count). The molecule has 6 nitrogen and oxygen atoms in total.